The highest BCUT2D eigenvalue weighted by molar-refractivity contribution is 5.96. The molecule has 2 fully saturated rings. The average molecular weight is 344 g/mol. The quantitative estimate of drug-likeness (QED) is 0.879. The Morgan fingerprint density at radius 1 is 0.920 bits per heavy atom. The highest BCUT2D eigenvalue weighted by atomic mass is 16.4. The largest absolute Gasteiger partial charge is 0.481 e. The molecule has 3 rings (SSSR count). The molecule has 1 saturated carbocycles. The Hall–Kier alpha value is -2.37. The van der Waals surface area contributed by atoms with Crippen molar-refractivity contribution in [2.24, 2.45) is 11.8 Å². The fourth-order valence-corrected chi connectivity index (χ4v) is 3.65. The number of carbonyl (C=O) groups is 3. The summed E-state index contributed by atoms with van der Waals surface area (Å²) in [5.74, 6) is -1.25. The molecule has 0 spiro atoms. The fraction of sp³-hybridized carbons (Fsp3) is 0.526. The molecule has 6 heteroatoms. The van der Waals surface area contributed by atoms with Crippen LogP contribution >= 0.6 is 0 Å². The number of nitrogens with one attached hydrogen (secondary N) is 1. The van der Waals surface area contributed by atoms with Gasteiger partial charge in [-0.15, -0.1) is 0 Å². The van der Waals surface area contributed by atoms with Crippen LogP contribution in [0.5, 0.6) is 0 Å². The second-order valence-corrected chi connectivity index (χ2v) is 6.95. The Morgan fingerprint density at radius 2 is 1.48 bits per heavy atom. The summed E-state index contributed by atoms with van der Waals surface area (Å²) in [6.45, 7) is 1.63. The molecule has 1 saturated heterocycles. The summed E-state index contributed by atoms with van der Waals surface area (Å²) in [6.07, 6.45) is 4.43. The molecule has 0 unspecified atom stereocenters. The molecule has 0 radical (unpaired) electrons. The lowest BCUT2D eigenvalue weighted by Gasteiger charge is -2.25. The van der Waals surface area contributed by atoms with Gasteiger partial charge < -0.3 is 15.3 Å². The zero-order valence-corrected chi connectivity index (χ0v) is 14.2. The highest BCUT2D eigenvalue weighted by Crippen LogP contribution is 2.29. The van der Waals surface area contributed by atoms with E-state index in [4.69, 9.17) is 5.11 Å². The summed E-state index contributed by atoms with van der Waals surface area (Å²) >= 11 is 0. The predicted molar refractivity (Wildman–Crippen MR) is 93.3 cm³/mol. The van der Waals surface area contributed by atoms with Gasteiger partial charge in [0.25, 0.3) is 5.91 Å². The van der Waals surface area contributed by atoms with Crippen LogP contribution in [0.1, 0.15) is 48.9 Å². The Kier molecular flexibility index (Phi) is 5.36. The molecule has 2 amide bonds. The molecule has 1 aliphatic heterocycles. The van der Waals surface area contributed by atoms with Crippen LogP contribution in [0.2, 0.25) is 0 Å². The molecule has 0 aromatic heterocycles. The molecule has 1 aliphatic carbocycles. The standard InChI is InChI=1S/C19H24N2O4/c22-17(13-3-5-15(6-4-13)19(24)25)20-16-9-7-14(8-10-16)18(23)21-11-1-2-12-21/h7-10,13,15H,1-6,11-12H2,(H,20,22)(H,24,25). The normalized spacial score (nSPS) is 23.3. The number of hydrogen-bond donors (Lipinski definition) is 2. The Morgan fingerprint density at radius 3 is 2.04 bits per heavy atom. The monoisotopic (exact) mass is 344 g/mol. The number of aliphatic carboxylic acids is 1. The topological polar surface area (TPSA) is 86.7 Å². The molecule has 1 aromatic carbocycles. The Labute approximate surface area is 147 Å². The summed E-state index contributed by atoms with van der Waals surface area (Å²) in [7, 11) is 0. The zero-order chi connectivity index (χ0) is 17.8. The lowest BCUT2D eigenvalue weighted by atomic mass is 9.81. The van der Waals surface area contributed by atoms with Gasteiger partial charge in [-0.2, -0.15) is 0 Å². The smallest absolute Gasteiger partial charge is 0.306 e. The van der Waals surface area contributed by atoms with Crippen LogP contribution in [0.25, 0.3) is 0 Å². The molecular weight excluding hydrogens is 320 g/mol. The second kappa shape index (κ2) is 7.68. The SMILES string of the molecule is O=C(O)C1CCC(C(=O)Nc2ccc(C(=O)N3CCCC3)cc2)CC1. The van der Waals surface area contributed by atoms with E-state index in [0.717, 1.165) is 25.9 Å². The number of carboxylic acids is 1. The average Bonchev–Trinajstić information content (AvgIpc) is 3.16. The molecule has 2 N–H and O–H groups in total. The molecule has 0 bridgehead atoms. The number of nitrogens with zero attached hydrogens (tertiary/aromatic N) is 1. The van der Waals surface area contributed by atoms with E-state index in [2.05, 4.69) is 5.32 Å². The van der Waals surface area contributed by atoms with E-state index in [0.29, 0.717) is 36.9 Å². The van der Waals surface area contributed by atoms with E-state index in [1.807, 2.05) is 4.90 Å². The number of carbonyl (C=O) groups excluding carboxylic acids is 2. The third kappa shape index (κ3) is 4.18. The van der Waals surface area contributed by atoms with Gasteiger partial charge in [0, 0.05) is 30.3 Å². The van der Waals surface area contributed by atoms with Gasteiger partial charge in [-0.05, 0) is 62.8 Å². The summed E-state index contributed by atoms with van der Waals surface area (Å²) in [4.78, 5) is 37.5. The first-order valence-electron chi connectivity index (χ1n) is 8.97. The van der Waals surface area contributed by atoms with Crippen molar-refractivity contribution in [2.45, 2.75) is 38.5 Å². The van der Waals surface area contributed by atoms with Crippen molar-refractivity contribution < 1.29 is 19.5 Å². The van der Waals surface area contributed by atoms with Crippen LogP contribution in [0.15, 0.2) is 24.3 Å². The van der Waals surface area contributed by atoms with Gasteiger partial charge in [-0.25, -0.2) is 0 Å². The minimum Gasteiger partial charge on any atom is -0.481 e. The number of amides is 2. The molecular formula is C19H24N2O4. The zero-order valence-electron chi connectivity index (χ0n) is 14.2. The number of benzene rings is 1. The maximum Gasteiger partial charge on any atom is 0.306 e. The van der Waals surface area contributed by atoms with Gasteiger partial charge in [0.1, 0.15) is 0 Å². The van der Waals surface area contributed by atoms with Crippen molar-refractivity contribution in [1.29, 1.82) is 0 Å². The summed E-state index contributed by atoms with van der Waals surface area (Å²) in [5, 5.41) is 11.9. The molecule has 2 aliphatic rings. The van der Waals surface area contributed by atoms with Gasteiger partial charge in [0.15, 0.2) is 0 Å². The minimum absolute atomic E-state index is 0.0439. The van der Waals surface area contributed by atoms with Gasteiger partial charge in [0.05, 0.1) is 5.92 Å². The van der Waals surface area contributed by atoms with E-state index in [-0.39, 0.29) is 23.7 Å². The number of hydrogen-bond acceptors (Lipinski definition) is 3. The van der Waals surface area contributed by atoms with Crippen molar-refractivity contribution in [2.75, 3.05) is 18.4 Å². The third-order valence-corrected chi connectivity index (χ3v) is 5.24. The van der Waals surface area contributed by atoms with Crippen molar-refractivity contribution in [3.63, 3.8) is 0 Å². The summed E-state index contributed by atoms with van der Waals surface area (Å²) in [6, 6.07) is 7.00. The maximum atomic E-state index is 12.3. The van der Waals surface area contributed by atoms with Crippen LogP contribution < -0.4 is 5.32 Å². The first-order valence-corrected chi connectivity index (χ1v) is 8.97. The number of anilines is 1. The lowest BCUT2D eigenvalue weighted by molar-refractivity contribution is -0.143. The van der Waals surface area contributed by atoms with E-state index in [1.165, 1.54) is 0 Å². The maximum absolute atomic E-state index is 12.3. The highest BCUT2D eigenvalue weighted by Gasteiger charge is 2.29. The van der Waals surface area contributed by atoms with Gasteiger partial charge >= 0.3 is 5.97 Å². The van der Waals surface area contributed by atoms with E-state index in [1.54, 1.807) is 24.3 Å². The number of carboxylic acid groups (broad SMARTS) is 1. The van der Waals surface area contributed by atoms with Crippen LogP contribution in [-0.4, -0.2) is 40.9 Å². The molecule has 25 heavy (non-hydrogen) atoms. The van der Waals surface area contributed by atoms with Crippen molar-refractivity contribution in [3.8, 4) is 0 Å². The van der Waals surface area contributed by atoms with E-state index in [9.17, 15) is 14.4 Å². The first-order chi connectivity index (χ1) is 12.0. The molecule has 134 valence electrons. The number of rotatable bonds is 4. The van der Waals surface area contributed by atoms with E-state index >= 15 is 0 Å². The minimum atomic E-state index is -0.767. The first kappa shape index (κ1) is 17.5. The predicted octanol–water partition coefficient (Wildman–Crippen LogP) is 2.75. The van der Waals surface area contributed by atoms with Gasteiger partial charge in [-0.3, -0.25) is 14.4 Å². The van der Waals surface area contributed by atoms with E-state index < -0.39 is 5.97 Å². The molecule has 1 heterocycles. The van der Waals surface area contributed by atoms with Crippen LogP contribution in [0.4, 0.5) is 5.69 Å². The van der Waals surface area contributed by atoms with Gasteiger partial charge in [0.2, 0.25) is 5.91 Å². The summed E-state index contributed by atoms with van der Waals surface area (Å²) < 4.78 is 0. The molecule has 1 aromatic rings. The van der Waals surface area contributed by atoms with Crippen LogP contribution in [0.3, 0.4) is 0 Å². The Bertz CT molecular complexity index is 642. The molecule has 0 atom stereocenters. The lowest BCUT2D eigenvalue weighted by Crippen LogP contribution is -2.29. The molecule has 6 nitrogen and oxygen atoms in total. The third-order valence-electron chi connectivity index (χ3n) is 5.24. The van der Waals surface area contributed by atoms with Crippen molar-refractivity contribution in [3.05, 3.63) is 29.8 Å². The van der Waals surface area contributed by atoms with Crippen LogP contribution in [0, 0.1) is 11.8 Å². The van der Waals surface area contributed by atoms with Gasteiger partial charge in [-0.1, -0.05) is 0 Å². The second-order valence-electron chi connectivity index (χ2n) is 6.95. The van der Waals surface area contributed by atoms with Crippen molar-refractivity contribution in [1.82, 2.24) is 4.90 Å². The van der Waals surface area contributed by atoms with Crippen molar-refractivity contribution >= 4 is 23.5 Å². The fourth-order valence-electron chi connectivity index (χ4n) is 3.65. The summed E-state index contributed by atoms with van der Waals surface area (Å²) in [5.41, 5.74) is 1.31. The number of likely N-dealkylation sites (tertiary alicyclic amines) is 1. The van der Waals surface area contributed by atoms with Crippen LogP contribution in [-0.2, 0) is 9.59 Å². The Balaban J connectivity index is 1.53.